The molecule has 4 nitrogen and oxygen atoms in total. The molecule has 1 saturated carbocycles. The van der Waals surface area contributed by atoms with Crippen LogP contribution in [0, 0.1) is 17.8 Å². The van der Waals surface area contributed by atoms with Crippen molar-refractivity contribution in [3.8, 4) is 0 Å². The molecule has 0 spiro atoms. The number of hydrogen-bond donors (Lipinski definition) is 1. The zero-order chi connectivity index (χ0) is 11.6. The zero-order valence-electron chi connectivity index (χ0n) is 9.56. The molecule has 0 saturated heterocycles. The molecule has 0 radical (unpaired) electrons. The van der Waals surface area contributed by atoms with E-state index in [1.54, 1.807) is 4.90 Å². The molecule has 0 aromatic rings. The van der Waals surface area contributed by atoms with Gasteiger partial charge in [-0.1, -0.05) is 13.8 Å². The highest BCUT2D eigenvalue weighted by Crippen LogP contribution is 2.40. The Kier molecular flexibility index (Phi) is 3.72. The number of carbonyl (C=O) groups is 2. The lowest BCUT2D eigenvalue weighted by Gasteiger charge is -2.22. The van der Waals surface area contributed by atoms with Crippen LogP contribution < -0.4 is 0 Å². The van der Waals surface area contributed by atoms with Crippen LogP contribution in [0.15, 0.2) is 0 Å². The van der Waals surface area contributed by atoms with Gasteiger partial charge in [0.15, 0.2) is 0 Å². The summed E-state index contributed by atoms with van der Waals surface area (Å²) in [5, 5.41) is 8.74. The summed E-state index contributed by atoms with van der Waals surface area (Å²) in [7, 11) is 0. The third kappa shape index (κ3) is 2.94. The van der Waals surface area contributed by atoms with Crippen LogP contribution in [0.2, 0.25) is 0 Å². The van der Waals surface area contributed by atoms with E-state index in [0.29, 0.717) is 18.9 Å². The van der Waals surface area contributed by atoms with Crippen molar-refractivity contribution in [2.24, 2.45) is 17.8 Å². The molecule has 86 valence electrons. The Hall–Kier alpha value is -1.06. The standard InChI is InChI=1S/C11H19NO3/c1-4-12(6-7(2)3)10(13)8-5-9(8)11(14)15/h7-9H,4-6H2,1-3H3,(H,14,15)/t8-,9+/m1/s1. The van der Waals surface area contributed by atoms with Gasteiger partial charge in [-0.15, -0.1) is 0 Å². The number of carbonyl (C=O) groups excluding carboxylic acids is 1. The molecular weight excluding hydrogens is 194 g/mol. The third-order valence-electron chi connectivity index (χ3n) is 2.70. The molecular formula is C11H19NO3. The van der Waals surface area contributed by atoms with E-state index in [1.165, 1.54) is 0 Å². The summed E-state index contributed by atoms with van der Waals surface area (Å²) >= 11 is 0. The average Bonchev–Trinajstić information content (AvgIpc) is 2.92. The fourth-order valence-corrected chi connectivity index (χ4v) is 1.79. The van der Waals surface area contributed by atoms with Gasteiger partial charge in [-0.3, -0.25) is 9.59 Å². The van der Waals surface area contributed by atoms with E-state index >= 15 is 0 Å². The first kappa shape index (κ1) is 12.0. The van der Waals surface area contributed by atoms with Crippen molar-refractivity contribution in [2.75, 3.05) is 13.1 Å². The molecule has 2 atom stereocenters. The Morgan fingerprint density at radius 3 is 2.33 bits per heavy atom. The van der Waals surface area contributed by atoms with Gasteiger partial charge >= 0.3 is 5.97 Å². The van der Waals surface area contributed by atoms with Crippen molar-refractivity contribution in [3.63, 3.8) is 0 Å². The summed E-state index contributed by atoms with van der Waals surface area (Å²) in [6.07, 6.45) is 0.517. The minimum Gasteiger partial charge on any atom is -0.481 e. The predicted octanol–water partition coefficient (Wildman–Crippen LogP) is 1.21. The molecule has 0 aliphatic heterocycles. The van der Waals surface area contributed by atoms with E-state index in [-0.39, 0.29) is 11.8 Å². The molecule has 0 unspecified atom stereocenters. The maximum Gasteiger partial charge on any atom is 0.307 e. The molecule has 1 aliphatic rings. The Labute approximate surface area is 90.3 Å². The van der Waals surface area contributed by atoms with Crippen molar-refractivity contribution >= 4 is 11.9 Å². The molecule has 0 aromatic carbocycles. The first-order valence-corrected chi connectivity index (χ1v) is 5.49. The Balaban J connectivity index is 2.49. The summed E-state index contributed by atoms with van der Waals surface area (Å²) in [4.78, 5) is 24.3. The van der Waals surface area contributed by atoms with Crippen LogP contribution in [0.1, 0.15) is 27.2 Å². The number of aliphatic carboxylic acids is 1. The smallest absolute Gasteiger partial charge is 0.307 e. The third-order valence-corrected chi connectivity index (χ3v) is 2.70. The van der Waals surface area contributed by atoms with Crippen LogP contribution in [-0.2, 0) is 9.59 Å². The van der Waals surface area contributed by atoms with E-state index < -0.39 is 11.9 Å². The normalized spacial score (nSPS) is 24.0. The van der Waals surface area contributed by atoms with Gasteiger partial charge < -0.3 is 10.0 Å². The van der Waals surface area contributed by atoms with Crippen LogP contribution >= 0.6 is 0 Å². The first-order chi connectivity index (χ1) is 6.97. The molecule has 0 bridgehead atoms. The van der Waals surface area contributed by atoms with Crippen LogP contribution in [0.3, 0.4) is 0 Å². The van der Waals surface area contributed by atoms with Gasteiger partial charge in [0.25, 0.3) is 0 Å². The van der Waals surface area contributed by atoms with Gasteiger partial charge in [0.05, 0.1) is 11.8 Å². The van der Waals surface area contributed by atoms with Gasteiger partial charge in [-0.2, -0.15) is 0 Å². The first-order valence-electron chi connectivity index (χ1n) is 5.49. The number of carboxylic acid groups (broad SMARTS) is 1. The summed E-state index contributed by atoms with van der Waals surface area (Å²) in [6, 6.07) is 0. The summed E-state index contributed by atoms with van der Waals surface area (Å²) in [5.41, 5.74) is 0. The monoisotopic (exact) mass is 213 g/mol. The van der Waals surface area contributed by atoms with Crippen LogP contribution in [0.4, 0.5) is 0 Å². The molecule has 0 heterocycles. The van der Waals surface area contributed by atoms with Gasteiger partial charge in [-0.25, -0.2) is 0 Å². The van der Waals surface area contributed by atoms with Crippen LogP contribution in [0.25, 0.3) is 0 Å². The number of hydrogen-bond acceptors (Lipinski definition) is 2. The molecule has 1 N–H and O–H groups in total. The molecule has 0 aromatic heterocycles. The van der Waals surface area contributed by atoms with Crippen molar-refractivity contribution in [2.45, 2.75) is 27.2 Å². The lowest BCUT2D eigenvalue weighted by Crippen LogP contribution is -2.35. The van der Waals surface area contributed by atoms with E-state index in [0.717, 1.165) is 6.54 Å². The van der Waals surface area contributed by atoms with Crippen molar-refractivity contribution in [1.82, 2.24) is 4.90 Å². The average molecular weight is 213 g/mol. The second-order valence-electron chi connectivity index (χ2n) is 4.56. The highest BCUT2D eigenvalue weighted by molar-refractivity contribution is 5.89. The maximum atomic E-state index is 11.8. The molecule has 15 heavy (non-hydrogen) atoms. The fourth-order valence-electron chi connectivity index (χ4n) is 1.79. The van der Waals surface area contributed by atoms with Crippen LogP contribution in [0.5, 0.6) is 0 Å². The molecule has 1 aliphatic carbocycles. The zero-order valence-corrected chi connectivity index (χ0v) is 9.56. The van der Waals surface area contributed by atoms with Crippen molar-refractivity contribution in [1.29, 1.82) is 0 Å². The second-order valence-corrected chi connectivity index (χ2v) is 4.56. The number of nitrogens with zero attached hydrogens (tertiary/aromatic N) is 1. The number of amides is 1. The molecule has 1 amide bonds. The Bertz CT molecular complexity index is 263. The van der Waals surface area contributed by atoms with E-state index in [1.807, 2.05) is 6.92 Å². The molecule has 1 fully saturated rings. The van der Waals surface area contributed by atoms with Crippen molar-refractivity contribution in [3.05, 3.63) is 0 Å². The predicted molar refractivity (Wildman–Crippen MR) is 56.3 cm³/mol. The van der Waals surface area contributed by atoms with Gasteiger partial charge in [0.2, 0.25) is 5.91 Å². The Morgan fingerprint density at radius 2 is 2.00 bits per heavy atom. The second kappa shape index (κ2) is 4.64. The topological polar surface area (TPSA) is 57.6 Å². The van der Waals surface area contributed by atoms with E-state index in [2.05, 4.69) is 13.8 Å². The molecule has 4 heteroatoms. The van der Waals surface area contributed by atoms with Gasteiger partial charge in [0.1, 0.15) is 0 Å². The minimum atomic E-state index is -0.839. The lowest BCUT2D eigenvalue weighted by atomic mass is 10.2. The van der Waals surface area contributed by atoms with Gasteiger partial charge in [-0.05, 0) is 19.3 Å². The van der Waals surface area contributed by atoms with E-state index in [4.69, 9.17) is 5.11 Å². The summed E-state index contributed by atoms with van der Waals surface area (Å²) < 4.78 is 0. The van der Waals surface area contributed by atoms with Gasteiger partial charge in [0, 0.05) is 13.1 Å². The summed E-state index contributed by atoms with van der Waals surface area (Å²) in [6.45, 7) is 7.42. The largest absolute Gasteiger partial charge is 0.481 e. The summed E-state index contributed by atoms with van der Waals surface area (Å²) in [5.74, 6) is -1.09. The number of carboxylic acids is 1. The lowest BCUT2D eigenvalue weighted by molar-refractivity contribution is -0.142. The highest BCUT2D eigenvalue weighted by atomic mass is 16.4. The molecule has 1 rings (SSSR count). The van der Waals surface area contributed by atoms with Crippen molar-refractivity contribution < 1.29 is 14.7 Å². The van der Waals surface area contributed by atoms with E-state index in [9.17, 15) is 9.59 Å². The SMILES string of the molecule is CCN(CC(C)C)C(=O)[C@@H]1C[C@@H]1C(=O)O. The number of rotatable bonds is 5. The fraction of sp³-hybridized carbons (Fsp3) is 0.818. The quantitative estimate of drug-likeness (QED) is 0.746. The van der Waals surface area contributed by atoms with Crippen LogP contribution in [-0.4, -0.2) is 35.0 Å². The highest BCUT2D eigenvalue weighted by Gasteiger charge is 2.49. The maximum absolute atomic E-state index is 11.8. The Morgan fingerprint density at radius 1 is 1.40 bits per heavy atom. The minimum absolute atomic E-state index is 0.0126.